The minimum atomic E-state index is 0.0221. The molecule has 2 heterocycles. The Balaban J connectivity index is 2.06. The van der Waals surface area contributed by atoms with Gasteiger partial charge in [-0.15, -0.1) is 0 Å². The van der Waals surface area contributed by atoms with Crippen LogP contribution < -0.4 is 5.56 Å². The molecule has 0 saturated heterocycles. The molecule has 102 valence electrons. The van der Waals surface area contributed by atoms with Crippen LogP contribution in [0.25, 0.3) is 5.69 Å². The zero-order valence-electron chi connectivity index (χ0n) is 11.3. The first-order valence-electron chi connectivity index (χ1n) is 6.63. The number of H-pyrrole nitrogens is 1. The maximum absolute atomic E-state index is 12.5. The minimum Gasteiger partial charge on any atom is -0.332 e. The fraction of sp³-hybridized carbons (Fsp3) is 0.200. The molecule has 1 N–H and O–H groups in total. The zero-order chi connectivity index (χ0) is 13.9. The van der Waals surface area contributed by atoms with Crippen molar-refractivity contribution in [3.63, 3.8) is 0 Å². The molecule has 20 heavy (non-hydrogen) atoms. The lowest BCUT2D eigenvalue weighted by Gasteiger charge is -2.02. The number of aromatic amines is 1. The summed E-state index contributed by atoms with van der Waals surface area (Å²) in [6.45, 7) is 2.62. The summed E-state index contributed by atoms with van der Waals surface area (Å²) in [5, 5.41) is 3.21. The van der Waals surface area contributed by atoms with Crippen LogP contribution in [0.2, 0.25) is 0 Å². The summed E-state index contributed by atoms with van der Waals surface area (Å²) >= 11 is 0. The SMILES string of the molecule is CCc1c(Cn2ccnc2)[nH]n(-c2ccccc2)c1=O. The molecule has 5 nitrogen and oxygen atoms in total. The molecule has 0 bridgehead atoms. The third-order valence-electron chi connectivity index (χ3n) is 3.34. The molecule has 0 aliphatic carbocycles. The Bertz CT molecular complexity index is 738. The average molecular weight is 268 g/mol. The topological polar surface area (TPSA) is 55.6 Å². The van der Waals surface area contributed by atoms with Crippen LogP contribution in [0.15, 0.2) is 53.8 Å². The summed E-state index contributed by atoms with van der Waals surface area (Å²) in [6, 6.07) is 9.61. The van der Waals surface area contributed by atoms with Crippen molar-refractivity contribution in [2.45, 2.75) is 19.9 Å². The first kappa shape index (κ1) is 12.5. The van der Waals surface area contributed by atoms with E-state index in [0.717, 1.165) is 16.9 Å². The van der Waals surface area contributed by atoms with E-state index in [4.69, 9.17) is 0 Å². The Labute approximate surface area is 116 Å². The van der Waals surface area contributed by atoms with E-state index in [0.29, 0.717) is 13.0 Å². The summed E-state index contributed by atoms with van der Waals surface area (Å²) in [4.78, 5) is 16.5. The fourth-order valence-electron chi connectivity index (χ4n) is 2.33. The predicted octanol–water partition coefficient (Wildman–Crippen LogP) is 1.97. The number of nitrogens with zero attached hydrogens (tertiary/aromatic N) is 3. The lowest BCUT2D eigenvalue weighted by atomic mass is 10.2. The lowest BCUT2D eigenvalue weighted by molar-refractivity contribution is 0.737. The van der Waals surface area contributed by atoms with Crippen molar-refractivity contribution >= 4 is 0 Å². The Kier molecular flexibility index (Phi) is 3.25. The Morgan fingerprint density at radius 3 is 2.70 bits per heavy atom. The van der Waals surface area contributed by atoms with Crippen molar-refractivity contribution in [2.24, 2.45) is 0 Å². The van der Waals surface area contributed by atoms with Gasteiger partial charge in [0, 0.05) is 18.0 Å². The zero-order valence-corrected chi connectivity index (χ0v) is 11.3. The molecule has 3 rings (SSSR count). The standard InChI is InChI=1S/C15H16N4O/c1-2-13-14(10-18-9-8-16-11-18)17-19(15(13)20)12-6-4-3-5-7-12/h3-9,11,17H,2,10H2,1H3. The van der Waals surface area contributed by atoms with E-state index < -0.39 is 0 Å². The van der Waals surface area contributed by atoms with Crippen LogP contribution in [-0.4, -0.2) is 19.3 Å². The van der Waals surface area contributed by atoms with Gasteiger partial charge in [0.25, 0.3) is 5.56 Å². The van der Waals surface area contributed by atoms with Crippen LogP contribution in [0, 0.1) is 0 Å². The number of hydrogen-bond donors (Lipinski definition) is 1. The minimum absolute atomic E-state index is 0.0221. The summed E-state index contributed by atoms with van der Waals surface area (Å²) < 4.78 is 3.55. The summed E-state index contributed by atoms with van der Waals surface area (Å²) in [6.07, 6.45) is 6.08. The number of rotatable bonds is 4. The normalized spacial score (nSPS) is 10.8. The number of para-hydroxylation sites is 1. The molecular weight excluding hydrogens is 252 g/mol. The molecule has 0 saturated carbocycles. The van der Waals surface area contributed by atoms with Gasteiger partial charge in [0.2, 0.25) is 0 Å². The smallest absolute Gasteiger partial charge is 0.274 e. The predicted molar refractivity (Wildman–Crippen MR) is 77.1 cm³/mol. The first-order chi connectivity index (χ1) is 9.79. The van der Waals surface area contributed by atoms with Gasteiger partial charge in [0.15, 0.2) is 0 Å². The van der Waals surface area contributed by atoms with Gasteiger partial charge in [0.1, 0.15) is 0 Å². The highest BCUT2D eigenvalue weighted by Gasteiger charge is 2.13. The third-order valence-corrected chi connectivity index (χ3v) is 3.34. The fourth-order valence-corrected chi connectivity index (χ4v) is 2.33. The van der Waals surface area contributed by atoms with Crippen molar-refractivity contribution in [1.29, 1.82) is 0 Å². The molecule has 0 aliphatic rings. The molecule has 0 spiro atoms. The second-order valence-electron chi connectivity index (χ2n) is 4.63. The Morgan fingerprint density at radius 2 is 2.05 bits per heavy atom. The monoisotopic (exact) mass is 268 g/mol. The van der Waals surface area contributed by atoms with Crippen LogP contribution in [-0.2, 0) is 13.0 Å². The van der Waals surface area contributed by atoms with E-state index in [2.05, 4.69) is 10.1 Å². The van der Waals surface area contributed by atoms with Gasteiger partial charge in [-0.2, -0.15) is 0 Å². The summed E-state index contributed by atoms with van der Waals surface area (Å²) in [5.41, 5.74) is 2.62. The van der Waals surface area contributed by atoms with E-state index in [1.807, 2.05) is 48.0 Å². The van der Waals surface area contributed by atoms with Gasteiger partial charge >= 0.3 is 0 Å². The highest BCUT2D eigenvalue weighted by atomic mass is 16.1. The van der Waals surface area contributed by atoms with Gasteiger partial charge in [0.05, 0.1) is 24.3 Å². The molecule has 3 aromatic rings. The van der Waals surface area contributed by atoms with Gasteiger partial charge in [-0.1, -0.05) is 25.1 Å². The Morgan fingerprint density at radius 1 is 1.25 bits per heavy atom. The summed E-state index contributed by atoms with van der Waals surface area (Å²) in [5.74, 6) is 0. The maximum Gasteiger partial charge on any atom is 0.274 e. The molecule has 0 unspecified atom stereocenters. The van der Waals surface area contributed by atoms with E-state index in [9.17, 15) is 4.79 Å². The van der Waals surface area contributed by atoms with Gasteiger partial charge < -0.3 is 4.57 Å². The van der Waals surface area contributed by atoms with Crippen molar-refractivity contribution in [1.82, 2.24) is 19.3 Å². The Hall–Kier alpha value is -2.56. The van der Waals surface area contributed by atoms with Crippen molar-refractivity contribution < 1.29 is 0 Å². The van der Waals surface area contributed by atoms with Crippen LogP contribution in [0.1, 0.15) is 18.2 Å². The van der Waals surface area contributed by atoms with E-state index >= 15 is 0 Å². The third kappa shape index (κ3) is 2.18. The quantitative estimate of drug-likeness (QED) is 0.786. The molecule has 2 aromatic heterocycles. The molecule has 0 amide bonds. The molecule has 0 fully saturated rings. The summed E-state index contributed by atoms with van der Waals surface area (Å²) in [7, 11) is 0. The van der Waals surface area contributed by atoms with Crippen LogP contribution in [0.3, 0.4) is 0 Å². The second-order valence-corrected chi connectivity index (χ2v) is 4.63. The number of benzene rings is 1. The van der Waals surface area contributed by atoms with Crippen LogP contribution in [0.5, 0.6) is 0 Å². The first-order valence-corrected chi connectivity index (χ1v) is 6.63. The number of imidazole rings is 1. The van der Waals surface area contributed by atoms with E-state index in [1.54, 1.807) is 17.2 Å². The molecule has 1 aromatic carbocycles. The highest BCUT2D eigenvalue weighted by Crippen LogP contribution is 2.09. The van der Waals surface area contributed by atoms with Gasteiger partial charge in [-0.3, -0.25) is 9.89 Å². The second kappa shape index (κ2) is 5.21. The molecule has 0 atom stereocenters. The van der Waals surface area contributed by atoms with Crippen LogP contribution >= 0.6 is 0 Å². The molecule has 0 aliphatic heterocycles. The average Bonchev–Trinajstić information content (AvgIpc) is 3.08. The maximum atomic E-state index is 12.5. The van der Waals surface area contributed by atoms with Crippen molar-refractivity contribution in [3.05, 3.63) is 70.7 Å². The number of hydrogen-bond acceptors (Lipinski definition) is 2. The van der Waals surface area contributed by atoms with Crippen LogP contribution in [0.4, 0.5) is 0 Å². The van der Waals surface area contributed by atoms with Gasteiger partial charge in [-0.25, -0.2) is 9.67 Å². The number of nitrogens with one attached hydrogen (secondary N) is 1. The molecule has 5 heteroatoms. The van der Waals surface area contributed by atoms with E-state index in [1.165, 1.54) is 0 Å². The molecule has 0 radical (unpaired) electrons. The van der Waals surface area contributed by atoms with Crippen molar-refractivity contribution in [3.8, 4) is 5.69 Å². The highest BCUT2D eigenvalue weighted by molar-refractivity contribution is 5.33. The van der Waals surface area contributed by atoms with E-state index in [-0.39, 0.29) is 5.56 Å². The largest absolute Gasteiger partial charge is 0.332 e. The lowest BCUT2D eigenvalue weighted by Crippen LogP contribution is -2.16. The van der Waals surface area contributed by atoms with Gasteiger partial charge in [-0.05, 0) is 18.6 Å². The van der Waals surface area contributed by atoms with Crippen molar-refractivity contribution in [2.75, 3.05) is 0 Å². The number of aromatic nitrogens is 4. The molecular formula is C15H16N4O.